The third-order valence-electron chi connectivity index (χ3n) is 3.93. The smallest absolute Gasteiger partial charge is 0.363 e. The molecule has 2 heterocycles. The maximum Gasteiger partial charge on any atom is 0.363 e. The Labute approximate surface area is 200 Å². The fourth-order valence-corrected chi connectivity index (χ4v) is 4.04. The lowest BCUT2D eigenvalue weighted by Crippen LogP contribution is -2.74. The lowest BCUT2D eigenvalue weighted by Gasteiger charge is -2.41. The molecular weight excluding hydrogens is 526 g/mol. The summed E-state index contributed by atoms with van der Waals surface area (Å²) in [5.74, 6) is -5.59. The van der Waals surface area contributed by atoms with Crippen molar-refractivity contribution in [2.24, 2.45) is 5.16 Å². The van der Waals surface area contributed by atoms with Crippen LogP contribution in [0.1, 0.15) is 5.69 Å². The van der Waals surface area contributed by atoms with Crippen LogP contribution in [-0.4, -0.2) is 96.4 Å². The number of esters is 2. The van der Waals surface area contributed by atoms with Crippen molar-refractivity contribution in [2.75, 3.05) is 32.0 Å². The van der Waals surface area contributed by atoms with Crippen LogP contribution in [0, 0.1) is 0 Å². The molecule has 0 aromatic carbocycles. The van der Waals surface area contributed by atoms with Gasteiger partial charge >= 0.3 is 22.2 Å². The zero-order chi connectivity index (χ0) is 25.6. The Morgan fingerprint density at radius 1 is 1.29 bits per heavy atom. The number of nitrogens with zero attached hydrogens (tertiary/aromatic N) is 3. The Morgan fingerprint density at radius 3 is 2.53 bits per heavy atom. The van der Waals surface area contributed by atoms with E-state index in [9.17, 15) is 32.4 Å². The number of halogens is 1. The number of hydrogen-bond donors (Lipinski definition) is 3. The highest BCUT2D eigenvalue weighted by atomic mass is 35.5. The molecule has 19 heteroatoms. The van der Waals surface area contributed by atoms with Crippen molar-refractivity contribution in [3.63, 3.8) is 0 Å². The molecule has 34 heavy (non-hydrogen) atoms. The van der Waals surface area contributed by atoms with Gasteiger partial charge in [-0.3, -0.25) is 18.9 Å². The van der Waals surface area contributed by atoms with E-state index in [1.165, 1.54) is 5.38 Å². The summed E-state index contributed by atoms with van der Waals surface area (Å²) in [7, 11) is -3.17. The Morgan fingerprint density at radius 2 is 1.97 bits per heavy atom. The molecule has 16 nitrogen and oxygen atoms in total. The number of anilines is 1. The van der Waals surface area contributed by atoms with Crippen molar-refractivity contribution in [3.05, 3.63) is 11.1 Å². The molecule has 0 spiro atoms. The first-order valence-corrected chi connectivity index (χ1v) is 11.5. The third-order valence-corrected chi connectivity index (χ3v) is 5.83. The summed E-state index contributed by atoms with van der Waals surface area (Å²) in [6, 6.07) is -3.66. The van der Waals surface area contributed by atoms with Crippen LogP contribution in [-0.2, 0) is 48.6 Å². The number of hydrogen-bond acceptors (Lipinski definition) is 13. The summed E-state index contributed by atoms with van der Waals surface area (Å²) in [5.41, 5.74) is -0.807. The number of methoxy groups -OCH3 is 2. The molecule has 0 unspecified atom stereocenters. The van der Waals surface area contributed by atoms with E-state index >= 15 is 0 Å². The van der Waals surface area contributed by atoms with Crippen LogP contribution in [0.25, 0.3) is 0 Å². The minimum atomic E-state index is -5.13. The molecule has 0 saturated carbocycles. The van der Waals surface area contributed by atoms with E-state index in [1.807, 2.05) is 0 Å². The number of aromatic nitrogens is 1. The SMILES string of the molecule is COC(=O)CON=C(C(=O)N[C@@H]1C(=O)N(S(=O)(=O)O)[C@@H]1C(=O)OC)c1csc(NC(=O)CCl)n1. The van der Waals surface area contributed by atoms with Crippen molar-refractivity contribution in [2.45, 2.75) is 12.1 Å². The van der Waals surface area contributed by atoms with Gasteiger partial charge in [0.1, 0.15) is 17.6 Å². The summed E-state index contributed by atoms with van der Waals surface area (Å²) in [4.78, 5) is 68.3. The normalized spacial score (nSPS) is 17.9. The van der Waals surface area contributed by atoms with Gasteiger partial charge in [-0.1, -0.05) is 5.16 Å². The van der Waals surface area contributed by atoms with Crippen LogP contribution in [0.2, 0.25) is 0 Å². The molecule has 186 valence electrons. The zero-order valence-electron chi connectivity index (χ0n) is 17.2. The average Bonchev–Trinajstić information content (AvgIpc) is 3.24. The third kappa shape index (κ3) is 6.16. The van der Waals surface area contributed by atoms with E-state index < -0.39 is 64.4 Å². The van der Waals surface area contributed by atoms with Gasteiger partial charge < -0.3 is 24.9 Å². The number of ether oxygens (including phenoxy) is 2. The first-order chi connectivity index (χ1) is 15.9. The molecule has 2 atom stereocenters. The fraction of sp³-hybridized carbons (Fsp3) is 0.400. The van der Waals surface area contributed by atoms with Crippen molar-refractivity contribution in [1.29, 1.82) is 0 Å². The van der Waals surface area contributed by atoms with Crippen molar-refractivity contribution in [3.8, 4) is 0 Å². The van der Waals surface area contributed by atoms with Crippen LogP contribution in [0.3, 0.4) is 0 Å². The number of nitrogens with one attached hydrogen (secondary N) is 2. The molecule has 1 aliphatic rings. The van der Waals surface area contributed by atoms with Gasteiger partial charge in [0.15, 0.2) is 16.9 Å². The molecule has 2 rings (SSSR count). The Hall–Kier alpha value is -3.35. The number of oxime groups is 1. The number of β-lactam (4-membered cyclic amide) rings is 1. The van der Waals surface area contributed by atoms with E-state index in [2.05, 4.69) is 30.2 Å². The quantitative estimate of drug-likeness (QED) is 0.0722. The van der Waals surface area contributed by atoms with Crippen LogP contribution < -0.4 is 10.6 Å². The second-order valence-corrected chi connectivity index (χ2v) is 8.45. The van der Waals surface area contributed by atoms with Gasteiger partial charge in [0, 0.05) is 5.38 Å². The summed E-state index contributed by atoms with van der Waals surface area (Å²) in [6.45, 7) is -0.711. The van der Waals surface area contributed by atoms with E-state index in [-0.39, 0.29) is 21.0 Å². The second-order valence-electron chi connectivity index (χ2n) is 6.04. The molecular formula is C15H16ClN5O11S2. The van der Waals surface area contributed by atoms with Gasteiger partial charge in [-0.05, 0) is 0 Å². The molecule has 0 bridgehead atoms. The second kappa shape index (κ2) is 11.2. The standard InChI is InChI=1S/C15H16ClN5O11S2/c1-30-8(23)4-32-20-9(6-5-33-15(17-6)18-7(22)3-16)12(24)19-10-11(14(26)31-2)21(13(10)25)34(27,28)29/h5,10-11H,3-4H2,1-2H3,(H,19,24)(H,17,18,22)(H,27,28,29)/t10-,11-/m0/s1. The highest BCUT2D eigenvalue weighted by Crippen LogP contribution is 2.25. The first kappa shape index (κ1) is 26.9. The maximum atomic E-state index is 12.8. The zero-order valence-corrected chi connectivity index (χ0v) is 19.6. The summed E-state index contributed by atoms with van der Waals surface area (Å²) in [5, 5.41) is 9.16. The average molecular weight is 542 g/mol. The minimum absolute atomic E-state index is 0.0128. The fourth-order valence-electron chi connectivity index (χ4n) is 2.43. The minimum Gasteiger partial charge on any atom is -0.467 e. The number of rotatable bonds is 10. The molecule has 3 N–H and O–H groups in total. The van der Waals surface area contributed by atoms with Crippen LogP contribution in [0.15, 0.2) is 10.5 Å². The molecule has 3 amide bonds. The predicted molar refractivity (Wildman–Crippen MR) is 112 cm³/mol. The first-order valence-electron chi connectivity index (χ1n) is 8.72. The van der Waals surface area contributed by atoms with E-state index in [0.717, 1.165) is 25.6 Å². The van der Waals surface area contributed by atoms with Gasteiger partial charge in [0.2, 0.25) is 12.5 Å². The van der Waals surface area contributed by atoms with Crippen molar-refractivity contribution >= 4 is 73.7 Å². The van der Waals surface area contributed by atoms with Crippen LogP contribution >= 0.6 is 22.9 Å². The van der Waals surface area contributed by atoms with Crippen molar-refractivity contribution < 1.29 is 51.3 Å². The van der Waals surface area contributed by atoms with Crippen LogP contribution in [0.5, 0.6) is 0 Å². The predicted octanol–water partition coefficient (Wildman–Crippen LogP) is -2.11. The molecule has 1 saturated heterocycles. The molecule has 1 aromatic rings. The summed E-state index contributed by atoms with van der Waals surface area (Å²) < 4.78 is 40.6. The Bertz CT molecular complexity index is 1140. The van der Waals surface area contributed by atoms with Gasteiger partial charge in [0.25, 0.3) is 11.8 Å². The summed E-state index contributed by atoms with van der Waals surface area (Å²) in [6.07, 6.45) is 0. The Balaban J connectivity index is 2.32. The molecule has 1 aromatic heterocycles. The topological polar surface area (TPSA) is 220 Å². The molecule has 1 aliphatic heterocycles. The van der Waals surface area contributed by atoms with Gasteiger partial charge in [0.05, 0.1) is 14.2 Å². The highest BCUT2D eigenvalue weighted by molar-refractivity contribution is 7.84. The Kier molecular flexibility index (Phi) is 8.85. The number of carbonyl (C=O) groups excluding carboxylic acids is 5. The van der Waals surface area contributed by atoms with Crippen molar-refractivity contribution in [1.82, 2.24) is 14.6 Å². The molecule has 0 aliphatic carbocycles. The largest absolute Gasteiger partial charge is 0.467 e. The van der Waals surface area contributed by atoms with E-state index in [1.54, 1.807) is 0 Å². The van der Waals surface area contributed by atoms with E-state index in [4.69, 9.17) is 21.0 Å². The number of amides is 3. The molecule has 1 fully saturated rings. The van der Waals surface area contributed by atoms with Gasteiger partial charge in [-0.15, -0.1) is 22.9 Å². The van der Waals surface area contributed by atoms with Gasteiger partial charge in [-0.2, -0.15) is 12.7 Å². The van der Waals surface area contributed by atoms with Gasteiger partial charge in [-0.25, -0.2) is 14.6 Å². The van der Waals surface area contributed by atoms with Crippen LogP contribution in [0.4, 0.5) is 5.13 Å². The summed E-state index contributed by atoms with van der Waals surface area (Å²) >= 11 is 6.26. The number of carbonyl (C=O) groups is 5. The van der Waals surface area contributed by atoms with E-state index in [0.29, 0.717) is 0 Å². The lowest BCUT2D eigenvalue weighted by molar-refractivity contribution is -0.162. The molecule has 0 radical (unpaired) electrons. The highest BCUT2D eigenvalue weighted by Gasteiger charge is 2.58. The number of alkyl halides is 1. The maximum absolute atomic E-state index is 12.8. The number of thiazole rings is 1. The lowest BCUT2D eigenvalue weighted by atomic mass is 9.98. The monoisotopic (exact) mass is 541 g/mol.